The molecule has 0 aliphatic carbocycles. The van der Waals surface area contributed by atoms with Crippen molar-refractivity contribution in [3.63, 3.8) is 0 Å². The van der Waals surface area contributed by atoms with Crippen LogP contribution in [-0.4, -0.2) is 11.9 Å². The summed E-state index contributed by atoms with van der Waals surface area (Å²) in [5.74, 6) is 0.862. The molecule has 0 saturated carbocycles. The third kappa shape index (κ3) is 3.68. The minimum Gasteiger partial charge on any atom is -0.488 e. The quantitative estimate of drug-likeness (QED) is 0.761. The van der Waals surface area contributed by atoms with E-state index in [9.17, 15) is 4.79 Å². The van der Waals surface area contributed by atoms with E-state index < -0.39 is 0 Å². The Balaban J connectivity index is 2.19. The second-order valence-corrected chi connectivity index (χ2v) is 5.48. The molecule has 0 fully saturated rings. The Bertz CT molecular complexity index is 545. The lowest BCUT2D eigenvalue weighted by molar-refractivity contribution is 0.112. The molecular weight excluding hydrogens is 236 g/mol. The second kappa shape index (κ2) is 5.27. The Morgan fingerprint density at radius 1 is 0.842 bits per heavy atom. The van der Waals surface area contributed by atoms with Gasteiger partial charge in [0.25, 0.3) is 0 Å². The van der Waals surface area contributed by atoms with Crippen LogP contribution < -0.4 is 4.74 Å². The summed E-state index contributed by atoms with van der Waals surface area (Å²) in [6.45, 7) is 6.08. The van der Waals surface area contributed by atoms with Crippen LogP contribution in [-0.2, 0) is 0 Å². The molecule has 0 unspecified atom stereocenters. The van der Waals surface area contributed by atoms with Gasteiger partial charge in [0.1, 0.15) is 17.6 Å². The smallest absolute Gasteiger partial charge is 0.150 e. The zero-order valence-corrected chi connectivity index (χ0v) is 11.5. The fourth-order valence-corrected chi connectivity index (χ4v) is 1.82. The minimum atomic E-state index is -0.187. The number of benzene rings is 2. The fourth-order valence-electron chi connectivity index (χ4n) is 1.82. The highest BCUT2D eigenvalue weighted by atomic mass is 16.5. The maximum absolute atomic E-state index is 10.6. The number of hydrogen-bond acceptors (Lipinski definition) is 2. The van der Waals surface area contributed by atoms with Crippen LogP contribution in [0.5, 0.6) is 5.75 Å². The number of carbonyl (C=O) groups is 1. The van der Waals surface area contributed by atoms with Gasteiger partial charge in [0, 0.05) is 5.56 Å². The van der Waals surface area contributed by atoms with Gasteiger partial charge >= 0.3 is 0 Å². The van der Waals surface area contributed by atoms with Crippen molar-refractivity contribution in [2.24, 2.45) is 0 Å². The van der Waals surface area contributed by atoms with Crippen molar-refractivity contribution in [3.05, 3.63) is 54.1 Å². The first kappa shape index (κ1) is 13.3. The number of aldehydes is 1. The van der Waals surface area contributed by atoms with Crippen LogP contribution in [0.15, 0.2) is 48.5 Å². The summed E-state index contributed by atoms with van der Waals surface area (Å²) < 4.78 is 5.78. The van der Waals surface area contributed by atoms with Gasteiger partial charge in [-0.2, -0.15) is 0 Å². The number of hydrogen-bond donors (Lipinski definition) is 0. The van der Waals surface area contributed by atoms with Gasteiger partial charge in [-0.25, -0.2) is 0 Å². The highest BCUT2D eigenvalue weighted by Gasteiger charge is 2.11. The van der Waals surface area contributed by atoms with E-state index in [1.54, 1.807) is 0 Å². The summed E-state index contributed by atoms with van der Waals surface area (Å²) >= 11 is 0. The number of carbonyl (C=O) groups excluding carboxylic acids is 1. The molecule has 2 nitrogen and oxygen atoms in total. The summed E-state index contributed by atoms with van der Waals surface area (Å²) in [4.78, 5) is 10.6. The summed E-state index contributed by atoms with van der Waals surface area (Å²) in [7, 11) is 0. The average molecular weight is 254 g/mol. The van der Waals surface area contributed by atoms with Crippen molar-refractivity contribution >= 4 is 6.29 Å². The van der Waals surface area contributed by atoms with Crippen LogP contribution in [0, 0.1) is 0 Å². The van der Waals surface area contributed by atoms with Crippen LogP contribution in [0.2, 0.25) is 0 Å². The Labute approximate surface area is 114 Å². The molecule has 0 saturated heterocycles. The fraction of sp³-hybridized carbons (Fsp3) is 0.235. The van der Waals surface area contributed by atoms with Crippen molar-refractivity contribution in [2.45, 2.75) is 26.4 Å². The van der Waals surface area contributed by atoms with Gasteiger partial charge in [-0.1, -0.05) is 36.4 Å². The van der Waals surface area contributed by atoms with E-state index in [4.69, 9.17) is 4.74 Å². The van der Waals surface area contributed by atoms with Crippen LogP contribution in [0.1, 0.15) is 31.1 Å². The molecule has 2 heteroatoms. The first-order valence-electron chi connectivity index (χ1n) is 6.33. The van der Waals surface area contributed by atoms with E-state index in [-0.39, 0.29) is 5.60 Å². The van der Waals surface area contributed by atoms with Gasteiger partial charge in [-0.15, -0.1) is 0 Å². The molecule has 0 atom stereocenters. The van der Waals surface area contributed by atoms with E-state index >= 15 is 0 Å². The predicted molar refractivity (Wildman–Crippen MR) is 77.6 cm³/mol. The lowest BCUT2D eigenvalue weighted by Crippen LogP contribution is -2.22. The molecule has 0 bridgehead atoms. The number of rotatable bonds is 3. The summed E-state index contributed by atoms with van der Waals surface area (Å²) in [5.41, 5.74) is 2.70. The molecule has 0 spiro atoms. The Kier molecular flexibility index (Phi) is 3.70. The van der Waals surface area contributed by atoms with E-state index in [1.165, 1.54) is 0 Å². The standard InChI is InChI=1S/C17H18O2/c1-17(2,3)19-16-10-8-15(9-11-16)14-6-4-13(12-18)5-7-14/h4-12H,1-3H3. The first-order chi connectivity index (χ1) is 8.98. The molecule has 19 heavy (non-hydrogen) atoms. The van der Waals surface area contributed by atoms with E-state index in [0.29, 0.717) is 5.56 Å². The first-order valence-corrected chi connectivity index (χ1v) is 6.33. The molecule has 0 aliphatic rings. The molecule has 2 aromatic rings. The van der Waals surface area contributed by atoms with E-state index in [2.05, 4.69) is 0 Å². The molecular formula is C17H18O2. The second-order valence-electron chi connectivity index (χ2n) is 5.48. The molecule has 0 aliphatic heterocycles. The third-order valence-corrected chi connectivity index (χ3v) is 2.66. The van der Waals surface area contributed by atoms with Crippen LogP contribution in [0.3, 0.4) is 0 Å². The van der Waals surface area contributed by atoms with Gasteiger partial charge < -0.3 is 4.74 Å². The van der Waals surface area contributed by atoms with Crippen molar-refractivity contribution in [1.82, 2.24) is 0 Å². The summed E-state index contributed by atoms with van der Waals surface area (Å²) in [6.07, 6.45) is 0.851. The van der Waals surface area contributed by atoms with Crippen molar-refractivity contribution < 1.29 is 9.53 Å². The monoisotopic (exact) mass is 254 g/mol. The molecule has 0 heterocycles. The average Bonchev–Trinajstić information content (AvgIpc) is 2.38. The maximum atomic E-state index is 10.6. The molecule has 0 aromatic heterocycles. The van der Waals surface area contributed by atoms with Gasteiger partial charge in [-0.05, 0) is 44.0 Å². The van der Waals surface area contributed by atoms with Crippen LogP contribution in [0.4, 0.5) is 0 Å². The van der Waals surface area contributed by atoms with E-state index in [0.717, 1.165) is 23.2 Å². The highest BCUT2D eigenvalue weighted by Crippen LogP contribution is 2.24. The Morgan fingerprint density at radius 3 is 1.74 bits per heavy atom. The molecule has 2 rings (SSSR count). The van der Waals surface area contributed by atoms with Gasteiger partial charge in [0.2, 0.25) is 0 Å². The summed E-state index contributed by atoms with van der Waals surface area (Å²) in [5, 5.41) is 0. The zero-order valence-electron chi connectivity index (χ0n) is 11.5. The minimum absolute atomic E-state index is 0.187. The highest BCUT2D eigenvalue weighted by molar-refractivity contribution is 5.76. The lowest BCUT2D eigenvalue weighted by atomic mass is 10.0. The van der Waals surface area contributed by atoms with Crippen molar-refractivity contribution in [3.8, 4) is 16.9 Å². The molecule has 0 radical (unpaired) electrons. The van der Waals surface area contributed by atoms with E-state index in [1.807, 2.05) is 69.3 Å². The third-order valence-electron chi connectivity index (χ3n) is 2.66. The largest absolute Gasteiger partial charge is 0.488 e. The van der Waals surface area contributed by atoms with Gasteiger partial charge in [0.15, 0.2) is 0 Å². The van der Waals surface area contributed by atoms with Crippen LogP contribution >= 0.6 is 0 Å². The normalized spacial score (nSPS) is 11.1. The predicted octanol–water partition coefficient (Wildman–Crippen LogP) is 4.34. The Hall–Kier alpha value is -2.09. The SMILES string of the molecule is CC(C)(C)Oc1ccc(-c2ccc(C=O)cc2)cc1. The zero-order chi connectivity index (χ0) is 13.9. The van der Waals surface area contributed by atoms with Crippen molar-refractivity contribution in [2.75, 3.05) is 0 Å². The van der Waals surface area contributed by atoms with Crippen molar-refractivity contribution in [1.29, 1.82) is 0 Å². The number of ether oxygens (including phenoxy) is 1. The Morgan fingerprint density at radius 2 is 1.32 bits per heavy atom. The lowest BCUT2D eigenvalue weighted by Gasteiger charge is -2.21. The maximum Gasteiger partial charge on any atom is 0.150 e. The molecule has 0 amide bonds. The molecule has 0 N–H and O–H groups in total. The molecule has 2 aromatic carbocycles. The van der Waals surface area contributed by atoms with Gasteiger partial charge in [0.05, 0.1) is 0 Å². The van der Waals surface area contributed by atoms with Crippen LogP contribution in [0.25, 0.3) is 11.1 Å². The summed E-state index contributed by atoms with van der Waals surface area (Å²) in [6, 6.07) is 15.5. The topological polar surface area (TPSA) is 26.3 Å². The molecule has 98 valence electrons. The van der Waals surface area contributed by atoms with Gasteiger partial charge in [-0.3, -0.25) is 4.79 Å².